The molecule has 0 atom stereocenters. The summed E-state index contributed by atoms with van der Waals surface area (Å²) < 4.78 is 2.38. The molecular weight excluding hydrogens is 573 g/mol. The fourth-order valence-electron chi connectivity index (χ4n) is 7.13. The number of nitriles is 1. The molecule has 1 heterocycles. The Morgan fingerprint density at radius 1 is 0.413 bits per heavy atom. The average Bonchev–Trinajstić information content (AvgIpc) is 3.48. The predicted octanol–water partition coefficient (Wildman–Crippen LogP) is 7.70. The topological polar surface area (TPSA) is 28.7 Å². The van der Waals surface area contributed by atoms with E-state index in [1.54, 1.807) is 0 Å². The third-order valence-corrected chi connectivity index (χ3v) is 13.9. The number of fused-ring (bicyclic) bond motifs is 3. The van der Waals surface area contributed by atoms with Crippen molar-refractivity contribution in [2.45, 2.75) is 0 Å². The number of benzene rings is 7. The highest BCUT2D eigenvalue weighted by Crippen LogP contribution is 2.33. The summed E-state index contributed by atoms with van der Waals surface area (Å²) in [7, 11) is -2.75. The predicted molar refractivity (Wildman–Crippen MR) is 195 cm³/mol. The lowest BCUT2D eigenvalue weighted by molar-refractivity contribution is 1.18. The van der Waals surface area contributed by atoms with Crippen molar-refractivity contribution >= 4 is 50.6 Å². The molecule has 0 saturated carbocycles. The summed E-state index contributed by atoms with van der Waals surface area (Å²) in [6, 6.07) is 67.7. The van der Waals surface area contributed by atoms with Gasteiger partial charge < -0.3 is 4.57 Å². The number of nitrogens with zero attached hydrogens (tertiary/aromatic N) is 2. The van der Waals surface area contributed by atoms with Crippen LogP contribution in [0.1, 0.15) is 5.56 Å². The molecule has 0 bridgehead atoms. The number of hydrogen-bond acceptors (Lipinski definition) is 1. The molecule has 8 rings (SSSR count). The van der Waals surface area contributed by atoms with Crippen LogP contribution in [0, 0.1) is 11.3 Å². The second-order valence-electron chi connectivity index (χ2n) is 11.7. The minimum absolute atomic E-state index is 0.670. The summed E-state index contributed by atoms with van der Waals surface area (Å²) in [6.07, 6.45) is 0. The lowest BCUT2D eigenvalue weighted by atomic mass is 10.1. The van der Waals surface area contributed by atoms with Gasteiger partial charge in [0.2, 0.25) is 0 Å². The smallest absolute Gasteiger partial charge is 0.179 e. The van der Waals surface area contributed by atoms with E-state index in [0.29, 0.717) is 5.56 Å². The summed E-state index contributed by atoms with van der Waals surface area (Å²) in [5, 5.41) is 17.3. The minimum atomic E-state index is -2.75. The first-order valence-corrected chi connectivity index (χ1v) is 17.6. The van der Waals surface area contributed by atoms with Gasteiger partial charge in [-0.25, -0.2) is 0 Å². The van der Waals surface area contributed by atoms with E-state index in [0.717, 1.165) is 5.69 Å². The number of para-hydroxylation sites is 2. The van der Waals surface area contributed by atoms with Crippen molar-refractivity contribution in [3.05, 3.63) is 188 Å². The molecule has 0 aliphatic carbocycles. The maximum absolute atomic E-state index is 9.61. The van der Waals surface area contributed by atoms with E-state index in [4.69, 9.17) is 0 Å². The van der Waals surface area contributed by atoms with E-state index >= 15 is 0 Å². The molecule has 8 aromatic rings. The Morgan fingerprint density at radius 2 is 0.891 bits per heavy atom. The molecule has 0 aliphatic rings. The number of hydrogen-bond donors (Lipinski definition) is 0. The molecule has 0 saturated heterocycles. The second-order valence-corrected chi connectivity index (χ2v) is 15.5. The van der Waals surface area contributed by atoms with E-state index in [1.165, 1.54) is 53.7 Å². The summed E-state index contributed by atoms with van der Waals surface area (Å²) >= 11 is 0. The quantitative estimate of drug-likeness (QED) is 0.142. The fraction of sp³-hybridized carbons (Fsp3) is 0. The van der Waals surface area contributed by atoms with Gasteiger partial charge >= 0.3 is 0 Å². The lowest BCUT2D eigenvalue weighted by Gasteiger charge is -2.34. The molecule has 216 valence electrons. The third-order valence-electron chi connectivity index (χ3n) is 9.17. The maximum Gasteiger partial charge on any atom is 0.179 e. The summed E-state index contributed by atoms with van der Waals surface area (Å²) in [5.41, 5.74) is 6.57. The average molecular weight is 603 g/mol. The van der Waals surface area contributed by atoms with Gasteiger partial charge in [-0.15, -0.1) is 0 Å². The van der Waals surface area contributed by atoms with Crippen molar-refractivity contribution in [1.82, 2.24) is 4.57 Å². The zero-order valence-electron chi connectivity index (χ0n) is 25.2. The van der Waals surface area contributed by atoms with Gasteiger partial charge in [0.1, 0.15) is 0 Å². The first-order valence-electron chi connectivity index (χ1n) is 15.6. The van der Waals surface area contributed by atoms with Gasteiger partial charge in [0.25, 0.3) is 0 Å². The zero-order chi connectivity index (χ0) is 30.9. The summed E-state index contributed by atoms with van der Waals surface area (Å²) in [5.74, 6) is 0. The first-order chi connectivity index (χ1) is 22.8. The lowest BCUT2D eigenvalue weighted by Crippen LogP contribution is -2.74. The van der Waals surface area contributed by atoms with Gasteiger partial charge in [-0.2, -0.15) is 5.26 Å². The van der Waals surface area contributed by atoms with Gasteiger partial charge in [0.15, 0.2) is 8.07 Å². The Kier molecular flexibility index (Phi) is 6.91. The van der Waals surface area contributed by atoms with Crippen molar-refractivity contribution < 1.29 is 0 Å². The zero-order valence-corrected chi connectivity index (χ0v) is 26.2. The molecule has 0 unspecified atom stereocenters. The van der Waals surface area contributed by atoms with Gasteiger partial charge in [0.05, 0.1) is 22.7 Å². The largest absolute Gasteiger partial charge is 0.309 e. The van der Waals surface area contributed by atoms with Gasteiger partial charge in [0, 0.05) is 16.5 Å². The molecule has 0 amide bonds. The van der Waals surface area contributed by atoms with Crippen molar-refractivity contribution in [2.24, 2.45) is 0 Å². The Hall–Kier alpha value is -5.95. The normalized spacial score (nSPS) is 11.5. The molecule has 46 heavy (non-hydrogen) atoms. The first kappa shape index (κ1) is 27.6. The Balaban J connectivity index is 1.35. The van der Waals surface area contributed by atoms with Crippen LogP contribution in [0.4, 0.5) is 0 Å². The molecule has 0 aliphatic heterocycles. The SMILES string of the molecule is N#Cc1ccc([Si](c2ccccc2)(c2ccccc2)c2cccc(-c3cccc(-n4c5ccccc5c5ccccc54)c3)c2)cc1. The standard InChI is InChI=1S/C43H30N2Si/c44-31-32-25-27-38(28-26-32)46(36-16-3-1-4-17-36,37-18-5-2-6-19-37)39-20-12-14-34(30-39)33-13-11-15-35(29-33)45-42-23-9-7-21-40(42)41-22-8-10-24-43(41)45/h1-30H. The minimum Gasteiger partial charge on any atom is -0.309 e. The van der Waals surface area contributed by atoms with Gasteiger partial charge in [-0.1, -0.05) is 146 Å². The Bertz CT molecular complexity index is 2270. The highest BCUT2D eigenvalue weighted by molar-refractivity contribution is 7.19. The van der Waals surface area contributed by atoms with E-state index < -0.39 is 8.07 Å². The fourth-order valence-corrected chi connectivity index (χ4v) is 11.9. The van der Waals surface area contributed by atoms with Crippen LogP contribution in [0.15, 0.2) is 182 Å². The molecule has 1 aromatic heterocycles. The summed E-state index contributed by atoms with van der Waals surface area (Å²) in [4.78, 5) is 0. The van der Waals surface area contributed by atoms with E-state index in [2.05, 4.69) is 180 Å². The van der Waals surface area contributed by atoms with Crippen molar-refractivity contribution in [1.29, 1.82) is 5.26 Å². The molecule has 2 nitrogen and oxygen atoms in total. The molecule has 3 heteroatoms. The Labute approximate surface area is 270 Å². The van der Waals surface area contributed by atoms with Gasteiger partial charge in [-0.05, 0) is 68.3 Å². The maximum atomic E-state index is 9.61. The van der Waals surface area contributed by atoms with Gasteiger partial charge in [-0.3, -0.25) is 0 Å². The van der Waals surface area contributed by atoms with Crippen LogP contribution < -0.4 is 20.7 Å². The van der Waals surface area contributed by atoms with Crippen molar-refractivity contribution in [2.75, 3.05) is 0 Å². The van der Waals surface area contributed by atoms with E-state index in [9.17, 15) is 5.26 Å². The van der Waals surface area contributed by atoms with Crippen LogP contribution in [0.5, 0.6) is 0 Å². The van der Waals surface area contributed by atoms with Crippen LogP contribution in [0.2, 0.25) is 0 Å². The molecule has 0 radical (unpaired) electrons. The van der Waals surface area contributed by atoms with Crippen molar-refractivity contribution in [3.8, 4) is 22.9 Å². The van der Waals surface area contributed by atoms with E-state index in [-0.39, 0.29) is 0 Å². The molecule has 0 fully saturated rings. The molecule has 0 N–H and O–H groups in total. The van der Waals surface area contributed by atoms with E-state index in [1.807, 2.05) is 12.1 Å². The number of rotatable bonds is 6. The highest BCUT2D eigenvalue weighted by Gasteiger charge is 2.41. The van der Waals surface area contributed by atoms with Crippen LogP contribution >= 0.6 is 0 Å². The molecule has 7 aromatic carbocycles. The van der Waals surface area contributed by atoms with Crippen LogP contribution in [-0.2, 0) is 0 Å². The van der Waals surface area contributed by atoms with Crippen molar-refractivity contribution in [3.63, 3.8) is 0 Å². The second kappa shape index (κ2) is 11.5. The monoisotopic (exact) mass is 602 g/mol. The van der Waals surface area contributed by atoms with Crippen LogP contribution in [0.3, 0.4) is 0 Å². The number of aromatic nitrogens is 1. The Morgan fingerprint density at radius 3 is 1.48 bits per heavy atom. The molecular formula is C43H30N2Si. The summed E-state index contributed by atoms with van der Waals surface area (Å²) in [6.45, 7) is 0. The highest BCUT2D eigenvalue weighted by atomic mass is 28.3. The molecule has 0 spiro atoms. The third kappa shape index (κ3) is 4.47. The van der Waals surface area contributed by atoms with Crippen LogP contribution in [-0.4, -0.2) is 12.6 Å². The van der Waals surface area contributed by atoms with Crippen LogP contribution in [0.25, 0.3) is 38.6 Å².